The molecule has 1 aromatic heterocycles. The number of carbonyl (C=O) groups is 2. The molecule has 0 aliphatic heterocycles. The molecule has 0 spiro atoms. The fourth-order valence-electron chi connectivity index (χ4n) is 4.19. The average molecular weight is 481 g/mol. The molecule has 0 saturated heterocycles. The van der Waals surface area contributed by atoms with Gasteiger partial charge in [0.15, 0.2) is 0 Å². The van der Waals surface area contributed by atoms with Crippen molar-refractivity contribution in [3.05, 3.63) is 108 Å². The molecule has 7 heteroatoms. The molecule has 0 fully saturated rings. The first-order valence-electron chi connectivity index (χ1n) is 11.5. The van der Waals surface area contributed by atoms with Gasteiger partial charge in [0.05, 0.1) is 0 Å². The third-order valence-electron chi connectivity index (χ3n) is 6.10. The molecule has 180 valence electrons. The average Bonchev–Trinajstić information content (AvgIpc) is 3.28. The van der Waals surface area contributed by atoms with Crippen LogP contribution in [0.1, 0.15) is 21.5 Å². The SMILES string of the molecule is O=C(NC(Cc1c[nH]c2ccc(O)cc12)C(=O)O)c1ccc2cc(OCc3ccccc3)ccc2c1. The van der Waals surface area contributed by atoms with Gasteiger partial charge in [0.25, 0.3) is 5.91 Å². The highest BCUT2D eigenvalue weighted by molar-refractivity contribution is 6.00. The van der Waals surface area contributed by atoms with Gasteiger partial charge < -0.3 is 25.3 Å². The molecule has 0 aliphatic rings. The van der Waals surface area contributed by atoms with Crippen molar-refractivity contribution < 1.29 is 24.5 Å². The van der Waals surface area contributed by atoms with Crippen LogP contribution in [0.25, 0.3) is 21.7 Å². The minimum absolute atomic E-state index is 0.0697. The molecule has 5 rings (SSSR count). The molecule has 1 amide bonds. The Morgan fingerprint density at radius 1 is 0.917 bits per heavy atom. The number of aliphatic carboxylic acids is 1. The number of benzene rings is 4. The number of phenols is 1. The van der Waals surface area contributed by atoms with Crippen molar-refractivity contribution >= 4 is 33.6 Å². The lowest BCUT2D eigenvalue weighted by Crippen LogP contribution is -2.42. The Kier molecular flexibility index (Phi) is 6.28. The Bertz CT molecular complexity index is 1560. The number of rotatable bonds is 8. The van der Waals surface area contributed by atoms with Crippen LogP contribution in [-0.4, -0.2) is 33.1 Å². The topological polar surface area (TPSA) is 112 Å². The van der Waals surface area contributed by atoms with Gasteiger partial charge in [-0.15, -0.1) is 0 Å². The van der Waals surface area contributed by atoms with Gasteiger partial charge in [-0.3, -0.25) is 4.79 Å². The third-order valence-corrected chi connectivity index (χ3v) is 6.10. The van der Waals surface area contributed by atoms with Gasteiger partial charge in [0.1, 0.15) is 24.1 Å². The molecule has 5 aromatic rings. The first-order chi connectivity index (χ1) is 17.5. The largest absolute Gasteiger partial charge is 0.508 e. The van der Waals surface area contributed by atoms with Crippen molar-refractivity contribution in [2.75, 3.05) is 0 Å². The molecule has 1 atom stereocenters. The van der Waals surface area contributed by atoms with Gasteiger partial charge in [-0.25, -0.2) is 4.79 Å². The Balaban J connectivity index is 1.30. The second kappa shape index (κ2) is 9.84. The van der Waals surface area contributed by atoms with Crippen LogP contribution in [0.2, 0.25) is 0 Å². The standard InChI is InChI=1S/C29H24N2O5/c32-23-9-11-26-25(15-23)22(16-30-26)14-27(29(34)35)31-28(33)21-7-6-20-13-24(10-8-19(20)12-21)36-17-18-4-2-1-3-5-18/h1-13,15-16,27,30,32H,14,17H2,(H,31,33)(H,34,35). The van der Waals surface area contributed by atoms with E-state index in [-0.39, 0.29) is 12.2 Å². The van der Waals surface area contributed by atoms with Crippen molar-refractivity contribution in [2.24, 2.45) is 0 Å². The van der Waals surface area contributed by atoms with E-state index in [0.29, 0.717) is 23.1 Å². The Morgan fingerprint density at radius 2 is 1.69 bits per heavy atom. The molecule has 4 aromatic carbocycles. The first kappa shape index (κ1) is 23.0. The number of amides is 1. The number of carbonyl (C=O) groups excluding carboxylic acids is 1. The van der Waals surface area contributed by atoms with E-state index in [4.69, 9.17) is 4.74 Å². The predicted molar refractivity (Wildman–Crippen MR) is 137 cm³/mol. The zero-order chi connectivity index (χ0) is 25.1. The fourth-order valence-corrected chi connectivity index (χ4v) is 4.19. The highest BCUT2D eigenvalue weighted by Gasteiger charge is 2.23. The highest BCUT2D eigenvalue weighted by Crippen LogP contribution is 2.25. The van der Waals surface area contributed by atoms with Gasteiger partial charge >= 0.3 is 5.97 Å². The number of carboxylic acid groups (broad SMARTS) is 1. The number of hydrogen-bond acceptors (Lipinski definition) is 4. The summed E-state index contributed by atoms with van der Waals surface area (Å²) < 4.78 is 5.88. The van der Waals surface area contributed by atoms with E-state index in [2.05, 4.69) is 10.3 Å². The fraction of sp³-hybridized carbons (Fsp3) is 0.103. The maximum absolute atomic E-state index is 12.9. The quantitative estimate of drug-likeness (QED) is 0.249. The van der Waals surface area contributed by atoms with Crippen LogP contribution >= 0.6 is 0 Å². The van der Waals surface area contributed by atoms with Gasteiger partial charge in [-0.05, 0) is 64.4 Å². The number of aromatic nitrogens is 1. The number of nitrogens with one attached hydrogen (secondary N) is 2. The molecule has 4 N–H and O–H groups in total. The summed E-state index contributed by atoms with van der Waals surface area (Å²) in [6.07, 6.45) is 1.76. The van der Waals surface area contributed by atoms with E-state index in [1.165, 1.54) is 0 Å². The van der Waals surface area contributed by atoms with E-state index in [1.54, 1.807) is 36.5 Å². The van der Waals surface area contributed by atoms with Crippen molar-refractivity contribution in [3.63, 3.8) is 0 Å². The summed E-state index contributed by atoms with van der Waals surface area (Å²) in [4.78, 5) is 27.9. The highest BCUT2D eigenvalue weighted by atomic mass is 16.5. The minimum atomic E-state index is -1.14. The zero-order valence-corrected chi connectivity index (χ0v) is 19.3. The van der Waals surface area contributed by atoms with Crippen LogP contribution in [0.4, 0.5) is 0 Å². The van der Waals surface area contributed by atoms with Gasteiger partial charge in [-0.2, -0.15) is 0 Å². The number of aromatic hydroxyl groups is 1. The van der Waals surface area contributed by atoms with Crippen LogP contribution in [-0.2, 0) is 17.8 Å². The van der Waals surface area contributed by atoms with Crippen LogP contribution in [0.15, 0.2) is 91.1 Å². The molecule has 0 aliphatic carbocycles. The molecule has 1 unspecified atom stereocenters. The zero-order valence-electron chi connectivity index (χ0n) is 19.3. The molecule has 36 heavy (non-hydrogen) atoms. The molecule has 0 bridgehead atoms. The van der Waals surface area contributed by atoms with Crippen LogP contribution in [0, 0.1) is 0 Å². The smallest absolute Gasteiger partial charge is 0.326 e. The third kappa shape index (κ3) is 5.00. The van der Waals surface area contributed by atoms with Gasteiger partial charge in [0.2, 0.25) is 0 Å². The minimum Gasteiger partial charge on any atom is -0.508 e. The Labute approximate surface area is 207 Å². The lowest BCUT2D eigenvalue weighted by molar-refractivity contribution is -0.139. The normalized spacial score (nSPS) is 11.9. The van der Waals surface area contributed by atoms with E-state index in [0.717, 1.165) is 27.6 Å². The number of ether oxygens (including phenoxy) is 1. The monoisotopic (exact) mass is 480 g/mol. The van der Waals surface area contributed by atoms with Crippen molar-refractivity contribution in [3.8, 4) is 11.5 Å². The van der Waals surface area contributed by atoms with Gasteiger partial charge in [0, 0.05) is 29.1 Å². The van der Waals surface area contributed by atoms with E-state index in [9.17, 15) is 19.8 Å². The maximum atomic E-state index is 12.9. The van der Waals surface area contributed by atoms with E-state index < -0.39 is 17.9 Å². The van der Waals surface area contributed by atoms with Crippen molar-refractivity contribution in [1.82, 2.24) is 10.3 Å². The summed E-state index contributed by atoms with van der Waals surface area (Å²) in [5, 5.41) is 24.6. The summed E-state index contributed by atoms with van der Waals surface area (Å²) in [6, 6.07) is 24.4. The second-order valence-electron chi connectivity index (χ2n) is 8.61. The molecule has 1 heterocycles. The lowest BCUT2D eigenvalue weighted by Gasteiger charge is -2.15. The van der Waals surface area contributed by atoms with Gasteiger partial charge in [-0.1, -0.05) is 42.5 Å². The summed E-state index contributed by atoms with van der Waals surface area (Å²) in [7, 11) is 0. The molecule has 7 nitrogen and oxygen atoms in total. The van der Waals surface area contributed by atoms with Crippen LogP contribution in [0.3, 0.4) is 0 Å². The van der Waals surface area contributed by atoms with Crippen LogP contribution < -0.4 is 10.1 Å². The molecular weight excluding hydrogens is 456 g/mol. The predicted octanol–water partition coefficient (Wildman–Crippen LogP) is 5.03. The molecule has 0 radical (unpaired) electrons. The van der Waals surface area contributed by atoms with Crippen LogP contribution in [0.5, 0.6) is 11.5 Å². The number of carboxylic acids is 1. The number of H-pyrrole nitrogens is 1. The number of aromatic amines is 1. The number of fused-ring (bicyclic) bond motifs is 2. The summed E-state index contributed by atoms with van der Waals surface area (Å²) in [5.74, 6) is -0.807. The van der Waals surface area contributed by atoms with Crippen molar-refractivity contribution in [1.29, 1.82) is 0 Å². The maximum Gasteiger partial charge on any atom is 0.326 e. The summed E-state index contributed by atoms with van der Waals surface area (Å²) in [6.45, 7) is 0.458. The van der Waals surface area contributed by atoms with E-state index >= 15 is 0 Å². The van der Waals surface area contributed by atoms with E-state index in [1.807, 2.05) is 54.6 Å². The summed E-state index contributed by atoms with van der Waals surface area (Å²) in [5.41, 5.74) is 2.90. The summed E-state index contributed by atoms with van der Waals surface area (Å²) >= 11 is 0. The Hall–Kier alpha value is -4.78. The lowest BCUT2D eigenvalue weighted by atomic mass is 10.0. The number of hydrogen-bond donors (Lipinski definition) is 4. The second-order valence-corrected chi connectivity index (χ2v) is 8.61. The number of phenolic OH excluding ortho intramolecular Hbond substituents is 1. The molecule has 0 saturated carbocycles. The first-order valence-corrected chi connectivity index (χ1v) is 11.5. The molecular formula is C29H24N2O5. The van der Waals surface area contributed by atoms with Crippen molar-refractivity contribution in [2.45, 2.75) is 19.1 Å². The Morgan fingerprint density at radius 3 is 2.50 bits per heavy atom.